The number of carboxylic acids is 1. The molecule has 4 heteroatoms. The molecule has 2 aliphatic carbocycles. The van der Waals surface area contributed by atoms with E-state index in [1.807, 2.05) is 6.07 Å². The summed E-state index contributed by atoms with van der Waals surface area (Å²) in [6, 6.07) is 4.12. The van der Waals surface area contributed by atoms with Gasteiger partial charge in [-0.2, -0.15) is 0 Å². The molecule has 3 aliphatic rings. The minimum Gasteiger partial charge on any atom is -0.481 e. The summed E-state index contributed by atoms with van der Waals surface area (Å²) in [4.78, 5) is 11.1. The third-order valence-corrected chi connectivity index (χ3v) is 4.89. The highest BCUT2D eigenvalue weighted by Crippen LogP contribution is 2.50. The molecule has 4 rings (SSSR count). The first kappa shape index (κ1) is 11.8. The van der Waals surface area contributed by atoms with Crippen molar-refractivity contribution >= 4 is 12.0 Å². The monoisotopic (exact) mass is 272 g/mol. The standard InChI is InChI=1S/C16H16O4/c17-15(18)10-1-4-16(5-2-10)6-3-11-7-13-14(8-12(11)16)20-9-19-13/h3,6-8,10H,1-2,4-5,9H2,(H,17,18). The molecule has 0 atom stereocenters. The zero-order chi connectivity index (χ0) is 13.7. The molecular weight excluding hydrogens is 256 g/mol. The van der Waals surface area contributed by atoms with E-state index in [9.17, 15) is 4.79 Å². The van der Waals surface area contributed by atoms with Gasteiger partial charge in [0.2, 0.25) is 6.79 Å². The van der Waals surface area contributed by atoms with Crippen molar-refractivity contribution in [3.05, 3.63) is 29.3 Å². The number of hydrogen-bond acceptors (Lipinski definition) is 3. The van der Waals surface area contributed by atoms with Gasteiger partial charge in [-0.05, 0) is 48.9 Å². The second-order valence-electron chi connectivity index (χ2n) is 5.89. The SMILES string of the molecule is O=C(O)C1CCC2(C=Cc3cc4c(cc32)OCO4)CC1. The molecule has 1 N–H and O–H groups in total. The molecule has 0 aromatic heterocycles. The quantitative estimate of drug-likeness (QED) is 0.854. The van der Waals surface area contributed by atoms with Crippen LogP contribution in [0.25, 0.3) is 6.08 Å². The highest BCUT2D eigenvalue weighted by molar-refractivity contribution is 5.72. The molecular formula is C16H16O4. The largest absolute Gasteiger partial charge is 0.481 e. The van der Waals surface area contributed by atoms with Crippen LogP contribution in [0.15, 0.2) is 18.2 Å². The van der Waals surface area contributed by atoms with Gasteiger partial charge in [0.1, 0.15) is 0 Å². The number of carbonyl (C=O) groups is 1. The predicted octanol–water partition coefficient (Wildman–Crippen LogP) is 2.95. The number of allylic oxidation sites excluding steroid dienone is 1. The first-order valence-corrected chi connectivity index (χ1v) is 7.04. The lowest BCUT2D eigenvalue weighted by molar-refractivity contribution is -0.143. The Kier molecular flexibility index (Phi) is 2.37. The molecule has 1 aromatic rings. The molecule has 1 saturated carbocycles. The van der Waals surface area contributed by atoms with Gasteiger partial charge in [0.25, 0.3) is 0 Å². The van der Waals surface area contributed by atoms with E-state index in [1.165, 1.54) is 11.1 Å². The number of ether oxygens (including phenoxy) is 2. The van der Waals surface area contributed by atoms with Gasteiger partial charge in [0.05, 0.1) is 5.92 Å². The lowest BCUT2D eigenvalue weighted by Gasteiger charge is -2.35. The molecule has 4 nitrogen and oxygen atoms in total. The summed E-state index contributed by atoms with van der Waals surface area (Å²) < 4.78 is 10.9. The fourth-order valence-electron chi connectivity index (χ4n) is 3.68. The molecule has 1 heterocycles. The second-order valence-corrected chi connectivity index (χ2v) is 5.89. The predicted molar refractivity (Wildman–Crippen MR) is 72.9 cm³/mol. The van der Waals surface area contributed by atoms with E-state index >= 15 is 0 Å². The van der Waals surface area contributed by atoms with Gasteiger partial charge < -0.3 is 14.6 Å². The van der Waals surface area contributed by atoms with Gasteiger partial charge in [0, 0.05) is 5.41 Å². The maximum Gasteiger partial charge on any atom is 0.306 e. The Bertz CT molecular complexity index is 609. The van der Waals surface area contributed by atoms with Gasteiger partial charge in [0.15, 0.2) is 11.5 Å². The van der Waals surface area contributed by atoms with E-state index in [2.05, 4.69) is 18.2 Å². The number of fused-ring (bicyclic) bond motifs is 3. The normalized spacial score (nSPS) is 29.7. The van der Waals surface area contributed by atoms with Crippen LogP contribution in [0, 0.1) is 5.92 Å². The number of rotatable bonds is 1. The zero-order valence-electron chi connectivity index (χ0n) is 11.1. The molecule has 0 bridgehead atoms. The van der Waals surface area contributed by atoms with Crippen LogP contribution in [0.2, 0.25) is 0 Å². The highest BCUT2D eigenvalue weighted by atomic mass is 16.7. The first-order chi connectivity index (χ1) is 9.68. The summed E-state index contributed by atoms with van der Waals surface area (Å²) in [6.07, 6.45) is 7.66. The molecule has 0 saturated heterocycles. The summed E-state index contributed by atoms with van der Waals surface area (Å²) in [7, 11) is 0. The molecule has 0 amide bonds. The van der Waals surface area contributed by atoms with Crippen molar-refractivity contribution in [2.75, 3.05) is 6.79 Å². The van der Waals surface area contributed by atoms with Crippen LogP contribution in [0.5, 0.6) is 11.5 Å². The molecule has 1 fully saturated rings. The minimum atomic E-state index is -0.660. The van der Waals surface area contributed by atoms with Gasteiger partial charge in [-0.1, -0.05) is 12.2 Å². The maximum absolute atomic E-state index is 11.1. The van der Waals surface area contributed by atoms with Crippen LogP contribution >= 0.6 is 0 Å². The van der Waals surface area contributed by atoms with Crippen LogP contribution in [-0.2, 0) is 10.2 Å². The number of hydrogen-bond donors (Lipinski definition) is 1. The molecule has 1 aliphatic heterocycles. The van der Waals surface area contributed by atoms with E-state index in [4.69, 9.17) is 14.6 Å². The van der Waals surface area contributed by atoms with E-state index in [1.54, 1.807) is 0 Å². The van der Waals surface area contributed by atoms with Crippen molar-refractivity contribution < 1.29 is 19.4 Å². The second kappa shape index (κ2) is 4.01. The smallest absolute Gasteiger partial charge is 0.306 e. The van der Waals surface area contributed by atoms with Crippen molar-refractivity contribution in [3.8, 4) is 11.5 Å². The van der Waals surface area contributed by atoms with Crippen LogP contribution in [0.4, 0.5) is 0 Å². The molecule has 0 radical (unpaired) electrons. The van der Waals surface area contributed by atoms with Gasteiger partial charge in [-0.3, -0.25) is 4.79 Å². The average Bonchev–Trinajstić information content (AvgIpc) is 3.03. The molecule has 1 aromatic carbocycles. The minimum absolute atomic E-state index is 0.00225. The fraction of sp³-hybridized carbons (Fsp3) is 0.438. The Morgan fingerprint density at radius 2 is 1.90 bits per heavy atom. The number of carboxylic acid groups (broad SMARTS) is 1. The van der Waals surface area contributed by atoms with Crippen molar-refractivity contribution in [1.29, 1.82) is 0 Å². The Hall–Kier alpha value is -1.97. The summed E-state index contributed by atoms with van der Waals surface area (Å²) in [6.45, 7) is 0.288. The first-order valence-electron chi connectivity index (χ1n) is 7.04. The van der Waals surface area contributed by atoms with Crippen LogP contribution in [0.1, 0.15) is 36.8 Å². The molecule has 104 valence electrons. The third kappa shape index (κ3) is 1.57. The maximum atomic E-state index is 11.1. The number of benzene rings is 1. The Labute approximate surface area is 117 Å². The van der Waals surface area contributed by atoms with Crippen LogP contribution < -0.4 is 9.47 Å². The average molecular weight is 272 g/mol. The highest BCUT2D eigenvalue weighted by Gasteiger charge is 2.41. The van der Waals surface area contributed by atoms with Crippen molar-refractivity contribution in [1.82, 2.24) is 0 Å². The topological polar surface area (TPSA) is 55.8 Å². The van der Waals surface area contributed by atoms with Crippen LogP contribution in [0.3, 0.4) is 0 Å². The Morgan fingerprint density at radius 3 is 2.60 bits per heavy atom. The fourth-order valence-corrected chi connectivity index (χ4v) is 3.68. The molecule has 0 unspecified atom stereocenters. The summed E-state index contributed by atoms with van der Waals surface area (Å²) >= 11 is 0. The van der Waals surface area contributed by atoms with Crippen molar-refractivity contribution in [2.45, 2.75) is 31.1 Å². The Morgan fingerprint density at radius 1 is 1.20 bits per heavy atom. The Balaban J connectivity index is 1.68. The summed E-state index contributed by atoms with van der Waals surface area (Å²) in [5.41, 5.74) is 2.45. The molecule has 1 spiro atoms. The summed E-state index contributed by atoms with van der Waals surface area (Å²) in [5, 5.41) is 9.14. The third-order valence-electron chi connectivity index (χ3n) is 4.89. The van der Waals surface area contributed by atoms with E-state index < -0.39 is 5.97 Å². The number of aliphatic carboxylic acids is 1. The van der Waals surface area contributed by atoms with Gasteiger partial charge >= 0.3 is 5.97 Å². The zero-order valence-corrected chi connectivity index (χ0v) is 11.1. The molecule has 20 heavy (non-hydrogen) atoms. The van der Waals surface area contributed by atoms with Gasteiger partial charge in [-0.15, -0.1) is 0 Å². The van der Waals surface area contributed by atoms with E-state index in [0.717, 1.165) is 37.2 Å². The van der Waals surface area contributed by atoms with Crippen molar-refractivity contribution in [3.63, 3.8) is 0 Å². The lowest BCUT2D eigenvalue weighted by atomic mass is 9.68. The van der Waals surface area contributed by atoms with Crippen molar-refractivity contribution in [2.24, 2.45) is 5.92 Å². The van der Waals surface area contributed by atoms with E-state index in [-0.39, 0.29) is 18.1 Å². The lowest BCUT2D eigenvalue weighted by Crippen LogP contribution is -2.31. The van der Waals surface area contributed by atoms with Crippen LogP contribution in [-0.4, -0.2) is 17.9 Å². The van der Waals surface area contributed by atoms with Gasteiger partial charge in [-0.25, -0.2) is 0 Å². The summed E-state index contributed by atoms with van der Waals surface area (Å²) in [5.74, 6) is 0.775. The van der Waals surface area contributed by atoms with E-state index in [0.29, 0.717) is 0 Å².